The Balaban J connectivity index is 2.38. The van der Waals surface area contributed by atoms with Gasteiger partial charge in [0.2, 0.25) is 0 Å². The molecule has 1 N–H and O–H groups in total. The van der Waals surface area contributed by atoms with Crippen molar-refractivity contribution in [3.8, 4) is 0 Å². The molecular weight excluding hydrogens is 342 g/mol. The number of allylic oxidation sites excluding steroid dienone is 1. The Morgan fingerprint density at radius 3 is 2.80 bits per heavy atom. The van der Waals surface area contributed by atoms with Gasteiger partial charge in [-0.15, -0.1) is 6.58 Å². The van der Waals surface area contributed by atoms with Crippen molar-refractivity contribution in [3.63, 3.8) is 0 Å². The molecule has 0 unspecified atom stereocenters. The fourth-order valence-corrected chi connectivity index (χ4v) is 2.64. The van der Waals surface area contributed by atoms with Crippen LogP contribution in [-0.4, -0.2) is 46.5 Å². The van der Waals surface area contributed by atoms with Gasteiger partial charge in [0, 0.05) is 19.2 Å². The SMILES string of the molecule is C=CCn1c(=S)[nH]c2cc(C(=O)N(C)CC(=O)OCC)ccc2c1=O. The maximum absolute atomic E-state index is 12.4. The van der Waals surface area contributed by atoms with Crippen molar-refractivity contribution in [2.75, 3.05) is 20.2 Å². The van der Waals surface area contributed by atoms with E-state index in [1.54, 1.807) is 31.2 Å². The van der Waals surface area contributed by atoms with Crippen molar-refractivity contribution in [3.05, 3.63) is 51.5 Å². The standard InChI is InChI=1S/C17H19N3O4S/c1-4-8-20-16(23)12-7-6-11(9-13(12)18-17(20)25)15(22)19(3)10-14(21)24-5-2/h4,6-7,9H,1,5,8,10H2,2-3H3,(H,18,25). The molecule has 25 heavy (non-hydrogen) atoms. The minimum absolute atomic E-state index is 0.151. The van der Waals surface area contributed by atoms with Crippen LogP contribution in [0.4, 0.5) is 0 Å². The molecule has 1 heterocycles. The van der Waals surface area contributed by atoms with E-state index in [0.29, 0.717) is 23.0 Å². The van der Waals surface area contributed by atoms with Crippen LogP contribution in [0.15, 0.2) is 35.6 Å². The van der Waals surface area contributed by atoms with Gasteiger partial charge in [0.05, 0.1) is 17.5 Å². The molecule has 0 spiro atoms. The first kappa shape index (κ1) is 18.6. The highest BCUT2D eigenvalue weighted by Gasteiger charge is 2.16. The Hall–Kier alpha value is -2.74. The lowest BCUT2D eigenvalue weighted by Crippen LogP contribution is -2.33. The molecule has 0 radical (unpaired) electrons. The second-order valence-electron chi connectivity index (χ2n) is 5.36. The van der Waals surface area contributed by atoms with Crippen LogP contribution in [0, 0.1) is 4.77 Å². The number of H-pyrrole nitrogens is 1. The van der Waals surface area contributed by atoms with Crippen molar-refractivity contribution >= 4 is 35.0 Å². The number of benzene rings is 1. The minimum atomic E-state index is -0.481. The average molecular weight is 361 g/mol. The highest BCUT2D eigenvalue weighted by Crippen LogP contribution is 2.12. The number of hydrogen-bond acceptors (Lipinski definition) is 5. The van der Waals surface area contributed by atoms with Gasteiger partial charge < -0.3 is 14.6 Å². The number of hydrogen-bond donors (Lipinski definition) is 1. The number of aromatic amines is 1. The first-order valence-corrected chi connectivity index (χ1v) is 8.08. The molecule has 0 fully saturated rings. The van der Waals surface area contributed by atoms with Crippen molar-refractivity contribution < 1.29 is 14.3 Å². The number of carbonyl (C=O) groups excluding carboxylic acids is 2. The number of carbonyl (C=O) groups is 2. The number of esters is 1. The van der Waals surface area contributed by atoms with Crippen LogP contribution >= 0.6 is 12.2 Å². The van der Waals surface area contributed by atoms with Gasteiger partial charge in [0.15, 0.2) is 4.77 Å². The number of fused-ring (bicyclic) bond motifs is 1. The lowest BCUT2D eigenvalue weighted by Gasteiger charge is -2.16. The molecule has 1 aromatic carbocycles. The predicted molar refractivity (Wildman–Crippen MR) is 97.2 cm³/mol. The number of rotatable bonds is 6. The molecule has 1 amide bonds. The molecule has 0 aliphatic heterocycles. The third kappa shape index (κ3) is 4.03. The zero-order valence-corrected chi connectivity index (χ0v) is 14.9. The predicted octanol–water partition coefficient (Wildman–Crippen LogP) is 1.88. The van der Waals surface area contributed by atoms with Crippen molar-refractivity contribution in [1.29, 1.82) is 0 Å². The fraction of sp³-hybridized carbons (Fsp3) is 0.294. The van der Waals surface area contributed by atoms with Crippen LogP contribution in [-0.2, 0) is 16.1 Å². The van der Waals surface area contributed by atoms with Crippen LogP contribution in [0.5, 0.6) is 0 Å². The van der Waals surface area contributed by atoms with Crippen molar-refractivity contribution in [2.24, 2.45) is 0 Å². The van der Waals surface area contributed by atoms with E-state index < -0.39 is 5.97 Å². The summed E-state index contributed by atoms with van der Waals surface area (Å²) in [5.41, 5.74) is 0.550. The normalized spacial score (nSPS) is 10.5. The molecule has 1 aromatic heterocycles. The highest BCUT2D eigenvalue weighted by atomic mass is 32.1. The van der Waals surface area contributed by atoms with Gasteiger partial charge in [0.1, 0.15) is 6.54 Å². The molecule has 7 nitrogen and oxygen atoms in total. The molecule has 2 aromatic rings. The summed E-state index contributed by atoms with van der Waals surface area (Å²) in [4.78, 5) is 40.6. The van der Waals surface area contributed by atoms with Gasteiger partial charge >= 0.3 is 5.97 Å². The summed E-state index contributed by atoms with van der Waals surface area (Å²) in [5, 5.41) is 0.417. The number of nitrogens with zero attached hydrogens (tertiary/aromatic N) is 2. The number of aromatic nitrogens is 2. The quantitative estimate of drug-likeness (QED) is 0.482. The number of amides is 1. The monoisotopic (exact) mass is 361 g/mol. The molecule has 0 bridgehead atoms. The maximum atomic E-state index is 12.4. The Morgan fingerprint density at radius 1 is 1.44 bits per heavy atom. The third-order valence-electron chi connectivity index (χ3n) is 3.56. The van der Waals surface area contributed by atoms with E-state index in [4.69, 9.17) is 17.0 Å². The van der Waals surface area contributed by atoms with Gasteiger partial charge in [-0.1, -0.05) is 6.08 Å². The average Bonchev–Trinajstić information content (AvgIpc) is 2.57. The largest absolute Gasteiger partial charge is 0.465 e. The summed E-state index contributed by atoms with van der Waals surface area (Å²) >= 11 is 5.18. The Morgan fingerprint density at radius 2 is 2.16 bits per heavy atom. The molecule has 0 saturated carbocycles. The lowest BCUT2D eigenvalue weighted by molar-refractivity contribution is -0.143. The number of likely N-dealkylation sites (N-methyl/N-ethyl adjacent to an activating group) is 1. The van der Waals surface area contributed by atoms with Gasteiger partial charge in [-0.25, -0.2) is 0 Å². The Bertz CT molecular complexity index is 945. The van der Waals surface area contributed by atoms with Crippen LogP contribution in [0.25, 0.3) is 10.9 Å². The van der Waals surface area contributed by atoms with E-state index >= 15 is 0 Å². The van der Waals surface area contributed by atoms with Crippen molar-refractivity contribution in [1.82, 2.24) is 14.5 Å². The molecule has 132 valence electrons. The molecule has 8 heteroatoms. The molecule has 2 rings (SSSR count). The zero-order valence-electron chi connectivity index (χ0n) is 14.1. The summed E-state index contributed by atoms with van der Waals surface area (Å²) < 4.78 is 6.47. The second-order valence-corrected chi connectivity index (χ2v) is 5.75. The third-order valence-corrected chi connectivity index (χ3v) is 3.88. The zero-order chi connectivity index (χ0) is 18.6. The summed E-state index contributed by atoms with van der Waals surface area (Å²) in [5.74, 6) is -0.838. The highest BCUT2D eigenvalue weighted by molar-refractivity contribution is 7.71. The van der Waals surface area contributed by atoms with Gasteiger partial charge in [-0.2, -0.15) is 0 Å². The van der Waals surface area contributed by atoms with Crippen molar-refractivity contribution in [2.45, 2.75) is 13.5 Å². The Kier molecular flexibility index (Phi) is 5.87. The van der Waals surface area contributed by atoms with E-state index in [2.05, 4.69) is 11.6 Å². The van der Waals surface area contributed by atoms with Crippen LogP contribution in [0.1, 0.15) is 17.3 Å². The van der Waals surface area contributed by atoms with Crippen LogP contribution in [0.2, 0.25) is 0 Å². The van der Waals surface area contributed by atoms with E-state index in [9.17, 15) is 14.4 Å². The van der Waals surface area contributed by atoms with E-state index in [-0.39, 0.29) is 29.4 Å². The minimum Gasteiger partial charge on any atom is -0.465 e. The molecule has 0 saturated heterocycles. The summed E-state index contributed by atoms with van der Waals surface area (Å²) in [6.07, 6.45) is 1.58. The first-order chi connectivity index (χ1) is 11.9. The van der Waals surface area contributed by atoms with E-state index in [1.807, 2.05) is 0 Å². The molecule has 0 aliphatic rings. The molecular formula is C17H19N3O4S. The second kappa shape index (κ2) is 7.89. The van der Waals surface area contributed by atoms with E-state index in [1.165, 1.54) is 16.5 Å². The van der Waals surface area contributed by atoms with Gasteiger partial charge in [0.25, 0.3) is 11.5 Å². The number of nitrogens with one attached hydrogen (secondary N) is 1. The smallest absolute Gasteiger partial charge is 0.325 e. The van der Waals surface area contributed by atoms with Gasteiger partial charge in [-0.05, 0) is 37.3 Å². The topological polar surface area (TPSA) is 84.4 Å². The number of ether oxygens (including phenoxy) is 1. The summed E-state index contributed by atoms with van der Waals surface area (Å²) in [7, 11) is 1.51. The molecule has 0 atom stereocenters. The lowest BCUT2D eigenvalue weighted by atomic mass is 10.1. The summed E-state index contributed by atoms with van der Waals surface area (Å²) in [6.45, 7) is 5.70. The van der Waals surface area contributed by atoms with E-state index in [0.717, 1.165) is 0 Å². The first-order valence-electron chi connectivity index (χ1n) is 7.67. The maximum Gasteiger partial charge on any atom is 0.325 e. The van der Waals surface area contributed by atoms with Crippen LogP contribution < -0.4 is 5.56 Å². The summed E-state index contributed by atoms with van der Waals surface area (Å²) in [6, 6.07) is 4.66. The molecule has 0 aliphatic carbocycles. The fourth-order valence-electron chi connectivity index (χ4n) is 2.37. The van der Waals surface area contributed by atoms with Crippen LogP contribution in [0.3, 0.4) is 0 Å². The van der Waals surface area contributed by atoms with Gasteiger partial charge in [-0.3, -0.25) is 19.0 Å². The Labute approximate surface area is 149 Å².